The molecule has 0 aliphatic heterocycles. The van der Waals surface area contributed by atoms with Crippen molar-refractivity contribution in [2.75, 3.05) is 5.32 Å². The number of benzene rings is 2. The minimum atomic E-state index is -0.538. The zero-order valence-corrected chi connectivity index (χ0v) is 13.5. The lowest BCUT2D eigenvalue weighted by Gasteiger charge is -2.40. The molecular formula is C18H15ClN2O3. The highest BCUT2D eigenvalue weighted by Gasteiger charge is 2.45. The summed E-state index contributed by atoms with van der Waals surface area (Å²) in [5.41, 5.74) is 2.05. The monoisotopic (exact) mass is 342 g/mol. The average molecular weight is 343 g/mol. The van der Waals surface area contributed by atoms with E-state index in [0.717, 1.165) is 24.8 Å². The molecule has 1 aliphatic carbocycles. The Hall–Kier alpha value is -2.53. The van der Waals surface area contributed by atoms with E-state index in [1.54, 1.807) is 24.3 Å². The van der Waals surface area contributed by atoms with E-state index in [0.29, 0.717) is 21.8 Å². The third-order valence-electron chi connectivity index (χ3n) is 4.70. The molecular weight excluding hydrogens is 328 g/mol. The number of amides is 1. The number of anilines is 1. The summed E-state index contributed by atoms with van der Waals surface area (Å²) in [6, 6.07) is 12.6. The molecule has 122 valence electrons. The minimum Gasteiger partial charge on any atom is -0.408 e. The van der Waals surface area contributed by atoms with Gasteiger partial charge in [-0.25, -0.2) is 4.79 Å². The normalized spacial score (nSPS) is 15.9. The lowest BCUT2D eigenvalue weighted by molar-refractivity contribution is -0.124. The number of halogens is 1. The van der Waals surface area contributed by atoms with E-state index in [9.17, 15) is 9.59 Å². The Bertz CT molecular complexity index is 985. The van der Waals surface area contributed by atoms with Crippen LogP contribution < -0.4 is 11.1 Å². The van der Waals surface area contributed by atoms with Gasteiger partial charge in [-0.2, -0.15) is 0 Å². The van der Waals surface area contributed by atoms with Gasteiger partial charge in [0.15, 0.2) is 5.58 Å². The maximum atomic E-state index is 12.9. The first-order valence-electron chi connectivity index (χ1n) is 7.77. The van der Waals surface area contributed by atoms with Gasteiger partial charge in [0.05, 0.1) is 10.9 Å². The predicted molar refractivity (Wildman–Crippen MR) is 92.4 cm³/mol. The lowest BCUT2D eigenvalue weighted by Crippen LogP contribution is -2.46. The largest absolute Gasteiger partial charge is 0.417 e. The molecule has 1 amide bonds. The Balaban J connectivity index is 1.65. The van der Waals surface area contributed by atoms with E-state index in [1.807, 2.05) is 18.2 Å². The molecule has 6 heteroatoms. The van der Waals surface area contributed by atoms with Crippen LogP contribution in [0.3, 0.4) is 0 Å². The van der Waals surface area contributed by atoms with Crippen molar-refractivity contribution in [3.8, 4) is 0 Å². The second-order valence-corrected chi connectivity index (χ2v) is 6.56. The summed E-state index contributed by atoms with van der Waals surface area (Å²) in [7, 11) is 0. The van der Waals surface area contributed by atoms with Crippen molar-refractivity contribution in [2.45, 2.75) is 24.7 Å². The SMILES string of the molecule is O=C(Nc1ccc2oc(=O)[nH]c2c1)C1(c2cccc(Cl)c2)CCC1. The molecule has 5 nitrogen and oxygen atoms in total. The van der Waals surface area contributed by atoms with Gasteiger partial charge in [0.2, 0.25) is 5.91 Å². The van der Waals surface area contributed by atoms with E-state index in [2.05, 4.69) is 10.3 Å². The first-order chi connectivity index (χ1) is 11.6. The van der Waals surface area contributed by atoms with Gasteiger partial charge in [-0.15, -0.1) is 0 Å². The number of rotatable bonds is 3. The Morgan fingerprint density at radius 3 is 2.75 bits per heavy atom. The van der Waals surface area contributed by atoms with E-state index in [4.69, 9.17) is 16.0 Å². The van der Waals surface area contributed by atoms with Crippen LogP contribution >= 0.6 is 11.6 Å². The average Bonchev–Trinajstić information content (AvgIpc) is 2.85. The number of nitrogens with one attached hydrogen (secondary N) is 2. The van der Waals surface area contributed by atoms with Crippen LogP contribution in [0.1, 0.15) is 24.8 Å². The Kier molecular flexibility index (Phi) is 3.46. The molecule has 0 radical (unpaired) electrons. The molecule has 3 aromatic rings. The van der Waals surface area contributed by atoms with Crippen LogP contribution in [0.25, 0.3) is 11.1 Å². The molecule has 1 aliphatic rings. The molecule has 0 unspecified atom stereocenters. The van der Waals surface area contributed by atoms with Crippen molar-refractivity contribution in [1.29, 1.82) is 0 Å². The van der Waals surface area contributed by atoms with E-state index >= 15 is 0 Å². The summed E-state index contributed by atoms with van der Waals surface area (Å²) >= 11 is 6.09. The third-order valence-corrected chi connectivity index (χ3v) is 4.93. The van der Waals surface area contributed by atoms with Crippen LogP contribution in [0.2, 0.25) is 5.02 Å². The highest BCUT2D eigenvalue weighted by atomic mass is 35.5. The smallest absolute Gasteiger partial charge is 0.408 e. The van der Waals surface area contributed by atoms with Gasteiger partial charge in [0.1, 0.15) is 0 Å². The predicted octanol–water partition coefficient (Wildman–Crippen LogP) is 3.83. The Morgan fingerprint density at radius 1 is 1.21 bits per heavy atom. The third kappa shape index (κ3) is 2.41. The molecule has 0 atom stereocenters. The quantitative estimate of drug-likeness (QED) is 0.759. The molecule has 0 saturated heterocycles. The van der Waals surface area contributed by atoms with Crippen molar-refractivity contribution in [3.05, 3.63) is 63.6 Å². The second-order valence-electron chi connectivity index (χ2n) is 6.13. The Morgan fingerprint density at radius 2 is 2.04 bits per heavy atom. The van der Waals surface area contributed by atoms with E-state index in [-0.39, 0.29) is 5.91 Å². The second kappa shape index (κ2) is 5.53. The van der Waals surface area contributed by atoms with Crippen LogP contribution in [-0.4, -0.2) is 10.9 Å². The van der Waals surface area contributed by atoms with Crippen molar-refractivity contribution in [1.82, 2.24) is 4.98 Å². The number of H-pyrrole nitrogens is 1. The van der Waals surface area contributed by atoms with E-state index in [1.165, 1.54) is 0 Å². The van der Waals surface area contributed by atoms with Crippen molar-refractivity contribution >= 4 is 34.3 Å². The molecule has 0 spiro atoms. The van der Waals surface area contributed by atoms with Crippen molar-refractivity contribution < 1.29 is 9.21 Å². The number of fused-ring (bicyclic) bond motifs is 1. The van der Waals surface area contributed by atoms with Gasteiger partial charge in [0.25, 0.3) is 0 Å². The van der Waals surface area contributed by atoms with Crippen LogP contribution in [0.15, 0.2) is 51.7 Å². The zero-order chi connectivity index (χ0) is 16.7. The summed E-state index contributed by atoms with van der Waals surface area (Å²) < 4.78 is 4.97. The van der Waals surface area contributed by atoms with Gasteiger partial charge in [-0.05, 0) is 48.7 Å². The maximum absolute atomic E-state index is 12.9. The van der Waals surface area contributed by atoms with Gasteiger partial charge in [-0.1, -0.05) is 30.2 Å². The topological polar surface area (TPSA) is 75.1 Å². The molecule has 1 fully saturated rings. The van der Waals surface area contributed by atoms with Crippen LogP contribution in [-0.2, 0) is 10.2 Å². The highest BCUT2D eigenvalue weighted by molar-refractivity contribution is 6.30. The fraction of sp³-hybridized carbons (Fsp3) is 0.222. The number of hydrogen-bond donors (Lipinski definition) is 2. The molecule has 4 rings (SSSR count). The van der Waals surface area contributed by atoms with E-state index < -0.39 is 11.2 Å². The standard InChI is InChI=1S/C18H15ClN2O3/c19-12-4-1-3-11(9-12)18(7-2-8-18)16(22)20-13-5-6-15-14(10-13)21-17(23)24-15/h1,3-6,9-10H,2,7-8H2,(H,20,22)(H,21,23). The molecule has 0 bridgehead atoms. The summed E-state index contributed by atoms with van der Waals surface area (Å²) in [5, 5.41) is 3.59. The number of carbonyl (C=O) groups is 1. The number of oxazole rings is 1. The van der Waals surface area contributed by atoms with Crippen LogP contribution in [0.5, 0.6) is 0 Å². The zero-order valence-electron chi connectivity index (χ0n) is 12.8. The summed E-state index contributed by atoms with van der Waals surface area (Å²) in [6.07, 6.45) is 2.60. The van der Waals surface area contributed by atoms with Crippen molar-refractivity contribution in [2.24, 2.45) is 0 Å². The lowest BCUT2D eigenvalue weighted by atomic mass is 9.64. The summed E-state index contributed by atoms with van der Waals surface area (Å²) in [5.74, 6) is -0.566. The number of aromatic nitrogens is 1. The maximum Gasteiger partial charge on any atom is 0.417 e. The Labute approximate surface area is 142 Å². The van der Waals surface area contributed by atoms with Gasteiger partial charge in [0, 0.05) is 10.7 Å². The number of aromatic amines is 1. The first-order valence-corrected chi connectivity index (χ1v) is 8.15. The molecule has 1 saturated carbocycles. The molecule has 24 heavy (non-hydrogen) atoms. The molecule has 2 N–H and O–H groups in total. The summed E-state index contributed by atoms with van der Waals surface area (Å²) in [4.78, 5) is 26.7. The van der Waals surface area contributed by atoms with Gasteiger partial charge < -0.3 is 9.73 Å². The molecule has 2 aromatic carbocycles. The molecule has 1 aromatic heterocycles. The van der Waals surface area contributed by atoms with Crippen molar-refractivity contribution in [3.63, 3.8) is 0 Å². The van der Waals surface area contributed by atoms with Gasteiger partial charge in [-0.3, -0.25) is 9.78 Å². The summed E-state index contributed by atoms with van der Waals surface area (Å²) in [6.45, 7) is 0. The van der Waals surface area contributed by atoms with Gasteiger partial charge >= 0.3 is 5.76 Å². The van der Waals surface area contributed by atoms with Crippen LogP contribution in [0.4, 0.5) is 5.69 Å². The minimum absolute atomic E-state index is 0.0544. The fourth-order valence-corrected chi connectivity index (χ4v) is 3.43. The number of carbonyl (C=O) groups excluding carboxylic acids is 1. The highest BCUT2D eigenvalue weighted by Crippen LogP contribution is 2.45. The first kappa shape index (κ1) is 15.0. The van der Waals surface area contributed by atoms with Crippen LogP contribution in [0, 0.1) is 0 Å². The number of hydrogen-bond acceptors (Lipinski definition) is 3. The fourth-order valence-electron chi connectivity index (χ4n) is 3.24. The molecule has 1 heterocycles.